The number of Topliss-reactive ketones (excluding diaryl/α,β-unsaturated/α-hetero) is 2. The molecule has 0 bridgehead atoms. The summed E-state index contributed by atoms with van der Waals surface area (Å²) in [6, 6.07) is 11.0. The molecule has 0 amide bonds. The molecule has 6 N–H and O–H groups in total. The molecule has 43 heavy (non-hydrogen) atoms. The number of ketones is 2. The summed E-state index contributed by atoms with van der Waals surface area (Å²) in [5, 5.41) is 32.3. The Morgan fingerprint density at radius 3 is 2.37 bits per heavy atom. The van der Waals surface area contributed by atoms with E-state index in [0.29, 0.717) is 29.8 Å². The summed E-state index contributed by atoms with van der Waals surface area (Å²) in [5.41, 5.74) is 10.1. The van der Waals surface area contributed by atoms with Crippen molar-refractivity contribution in [3.63, 3.8) is 0 Å². The van der Waals surface area contributed by atoms with Gasteiger partial charge in [0.15, 0.2) is 29.2 Å². The minimum atomic E-state index is -1.63. The maximum absolute atomic E-state index is 12.8. The Kier molecular flexibility index (Phi) is 13.2. The average molecular weight is 594 g/mol. The highest BCUT2D eigenvalue weighted by Gasteiger charge is 2.30. The molecule has 2 heterocycles. The second-order valence-electron chi connectivity index (χ2n) is 11.2. The number of phenols is 1. The van der Waals surface area contributed by atoms with Crippen molar-refractivity contribution in [2.45, 2.75) is 90.1 Å². The van der Waals surface area contributed by atoms with Crippen LogP contribution in [0.3, 0.4) is 0 Å². The van der Waals surface area contributed by atoms with Crippen molar-refractivity contribution >= 4 is 17.4 Å². The second kappa shape index (κ2) is 16.8. The number of phenolic OH excluding ortho intramolecular Hbond substituents is 1. The first-order chi connectivity index (χ1) is 20.7. The number of benzene rings is 1. The van der Waals surface area contributed by atoms with Crippen molar-refractivity contribution < 1.29 is 29.6 Å². The molecule has 9 heteroatoms. The van der Waals surface area contributed by atoms with Crippen LogP contribution in [0.1, 0.15) is 92.8 Å². The minimum Gasteiger partial charge on any atom is -0.504 e. The number of H-pyrrole nitrogens is 1. The van der Waals surface area contributed by atoms with E-state index in [1.54, 1.807) is 24.4 Å². The monoisotopic (exact) mass is 593 g/mol. The van der Waals surface area contributed by atoms with Gasteiger partial charge in [-0.15, -0.1) is 0 Å². The van der Waals surface area contributed by atoms with Gasteiger partial charge in [0, 0.05) is 48.5 Å². The predicted octanol–water partition coefficient (Wildman–Crippen LogP) is 5.04. The van der Waals surface area contributed by atoms with E-state index in [1.165, 1.54) is 7.11 Å². The molecular formula is C34H47N3O6. The number of aromatic amines is 1. The van der Waals surface area contributed by atoms with Crippen molar-refractivity contribution in [1.29, 1.82) is 0 Å². The minimum absolute atomic E-state index is 0.0469. The van der Waals surface area contributed by atoms with Crippen LogP contribution < -0.4 is 10.5 Å². The molecular weight excluding hydrogens is 546 g/mol. The second-order valence-corrected chi connectivity index (χ2v) is 11.2. The molecule has 1 aromatic carbocycles. The van der Waals surface area contributed by atoms with Gasteiger partial charge in [-0.1, -0.05) is 45.6 Å². The van der Waals surface area contributed by atoms with Crippen LogP contribution >= 0.6 is 0 Å². The fourth-order valence-electron chi connectivity index (χ4n) is 5.60. The smallest absolute Gasteiger partial charge is 0.170 e. The molecule has 0 saturated heterocycles. The van der Waals surface area contributed by atoms with E-state index in [2.05, 4.69) is 23.8 Å². The number of aliphatic hydroxyl groups excluding tert-OH is 2. The van der Waals surface area contributed by atoms with Gasteiger partial charge in [-0.2, -0.15) is 0 Å². The number of pyridine rings is 1. The number of unbranched alkanes of at least 4 members (excludes halogenated alkanes) is 4. The third-order valence-electron chi connectivity index (χ3n) is 8.06. The van der Waals surface area contributed by atoms with E-state index < -0.39 is 23.6 Å². The van der Waals surface area contributed by atoms with E-state index in [9.17, 15) is 24.9 Å². The lowest BCUT2D eigenvalue weighted by Gasteiger charge is -2.28. The summed E-state index contributed by atoms with van der Waals surface area (Å²) in [6.07, 6.45) is 6.49. The first kappa shape index (κ1) is 33.8. The first-order valence-corrected chi connectivity index (χ1v) is 15.3. The van der Waals surface area contributed by atoms with Crippen LogP contribution in [0, 0.1) is 5.92 Å². The SMILES string of the molecule is CCCCCCCC(=O)C(O)C(=O)CCc1cc(OC)c(O)c(C(c2ccnc(N)c2)C(CO)Cc2ccc(CC)[nH]2)c1. The van der Waals surface area contributed by atoms with Crippen molar-refractivity contribution in [2.75, 3.05) is 19.5 Å². The summed E-state index contributed by atoms with van der Waals surface area (Å²) in [7, 11) is 1.45. The molecule has 0 aliphatic carbocycles. The molecule has 3 atom stereocenters. The van der Waals surface area contributed by atoms with Gasteiger partial charge >= 0.3 is 0 Å². The van der Waals surface area contributed by atoms with Crippen LogP contribution in [0.4, 0.5) is 5.82 Å². The quantitative estimate of drug-likeness (QED) is 0.0955. The highest BCUT2D eigenvalue weighted by atomic mass is 16.5. The van der Waals surface area contributed by atoms with E-state index in [1.807, 2.05) is 18.2 Å². The molecule has 9 nitrogen and oxygen atoms in total. The molecule has 0 radical (unpaired) electrons. The Morgan fingerprint density at radius 2 is 1.72 bits per heavy atom. The van der Waals surface area contributed by atoms with Gasteiger partial charge < -0.3 is 30.8 Å². The van der Waals surface area contributed by atoms with Gasteiger partial charge in [-0.05, 0) is 73.1 Å². The lowest BCUT2D eigenvalue weighted by Crippen LogP contribution is -2.30. The molecule has 0 spiro atoms. The number of aromatic nitrogens is 2. The van der Waals surface area contributed by atoms with E-state index in [4.69, 9.17) is 10.5 Å². The molecule has 0 fully saturated rings. The molecule has 2 aromatic heterocycles. The van der Waals surface area contributed by atoms with Gasteiger partial charge in [-0.25, -0.2) is 4.98 Å². The predicted molar refractivity (Wildman–Crippen MR) is 167 cm³/mol. The Balaban J connectivity index is 1.87. The number of nitrogens with one attached hydrogen (secondary N) is 1. The molecule has 0 aliphatic rings. The zero-order valence-electron chi connectivity index (χ0n) is 25.6. The Morgan fingerprint density at radius 1 is 1.00 bits per heavy atom. The van der Waals surface area contributed by atoms with E-state index in [0.717, 1.165) is 49.1 Å². The Labute approximate surface area is 254 Å². The molecule has 3 aromatic rings. The van der Waals surface area contributed by atoms with Gasteiger partial charge in [0.25, 0.3) is 0 Å². The Hall–Kier alpha value is -3.69. The van der Waals surface area contributed by atoms with E-state index >= 15 is 0 Å². The van der Waals surface area contributed by atoms with Crippen LogP contribution in [0.25, 0.3) is 0 Å². The molecule has 3 rings (SSSR count). The van der Waals surface area contributed by atoms with Crippen LogP contribution in [-0.4, -0.2) is 56.7 Å². The topological polar surface area (TPSA) is 159 Å². The molecule has 234 valence electrons. The molecule has 3 unspecified atom stereocenters. The van der Waals surface area contributed by atoms with Gasteiger partial charge in [0.1, 0.15) is 5.82 Å². The van der Waals surface area contributed by atoms with E-state index in [-0.39, 0.29) is 43.3 Å². The number of methoxy groups -OCH3 is 1. The van der Waals surface area contributed by atoms with Crippen molar-refractivity contribution in [2.24, 2.45) is 5.92 Å². The maximum Gasteiger partial charge on any atom is 0.170 e. The number of aryl methyl sites for hydroxylation is 2. The van der Waals surface area contributed by atoms with Crippen molar-refractivity contribution in [3.05, 3.63) is 70.7 Å². The van der Waals surface area contributed by atoms with Crippen LogP contribution in [0.15, 0.2) is 42.6 Å². The number of rotatable bonds is 19. The fourth-order valence-corrected chi connectivity index (χ4v) is 5.60. The summed E-state index contributed by atoms with van der Waals surface area (Å²) >= 11 is 0. The number of carbonyl (C=O) groups is 2. The summed E-state index contributed by atoms with van der Waals surface area (Å²) in [6.45, 7) is 4.00. The number of aliphatic hydroxyl groups is 2. The highest BCUT2D eigenvalue weighted by Crippen LogP contribution is 2.43. The highest BCUT2D eigenvalue weighted by molar-refractivity contribution is 6.05. The average Bonchev–Trinajstić information content (AvgIpc) is 3.47. The number of hydrogen-bond donors (Lipinski definition) is 5. The number of hydrogen-bond acceptors (Lipinski definition) is 8. The third kappa shape index (κ3) is 9.40. The van der Waals surface area contributed by atoms with Gasteiger partial charge in [0.2, 0.25) is 0 Å². The Bertz CT molecular complexity index is 1340. The number of nitrogens with zero attached hydrogens (tertiary/aromatic N) is 1. The molecule has 0 aliphatic heterocycles. The third-order valence-corrected chi connectivity index (χ3v) is 8.06. The van der Waals surface area contributed by atoms with Crippen LogP contribution in [0.5, 0.6) is 11.5 Å². The van der Waals surface area contributed by atoms with Gasteiger partial charge in [0.05, 0.1) is 7.11 Å². The number of aromatic hydroxyl groups is 1. The normalized spacial score (nSPS) is 13.4. The zero-order valence-corrected chi connectivity index (χ0v) is 25.6. The van der Waals surface area contributed by atoms with Gasteiger partial charge in [-0.3, -0.25) is 9.59 Å². The number of nitrogens with two attached hydrogens (primary N) is 1. The van der Waals surface area contributed by atoms with Crippen molar-refractivity contribution in [1.82, 2.24) is 9.97 Å². The summed E-state index contributed by atoms with van der Waals surface area (Å²) < 4.78 is 5.51. The number of carbonyl (C=O) groups excluding carboxylic acids is 2. The number of ether oxygens (including phenoxy) is 1. The fraction of sp³-hybridized carbons (Fsp3) is 0.500. The number of nitrogen functional groups attached to an aromatic ring is 1. The lowest BCUT2D eigenvalue weighted by atomic mass is 9.78. The first-order valence-electron chi connectivity index (χ1n) is 15.3. The van der Waals surface area contributed by atoms with Crippen LogP contribution in [-0.2, 0) is 28.9 Å². The maximum atomic E-state index is 12.8. The standard InChI is InChI=1S/C34H47N3O6/c1-4-6-7-8-9-10-28(39)34(42)29(40)14-11-22-17-27(33(41)30(18-22)43-3)32(23-15-16-36-31(35)20-23)24(21-38)19-26-13-12-25(5-2)37-26/h12-13,15-18,20,24,32,34,37-38,41-42H,4-11,14,19,21H2,1-3H3,(H2,35,36). The molecule has 0 saturated carbocycles. The summed E-state index contributed by atoms with van der Waals surface area (Å²) in [4.78, 5) is 32.7. The summed E-state index contributed by atoms with van der Waals surface area (Å²) in [5.74, 6) is -1.36. The van der Waals surface area contributed by atoms with Crippen molar-refractivity contribution in [3.8, 4) is 11.5 Å². The lowest BCUT2D eigenvalue weighted by molar-refractivity contribution is -0.138. The zero-order chi connectivity index (χ0) is 31.4. The largest absolute Gasteiger partial charge is 0.504 e. The number of anilines is 1. The van der Waals surface area contributed by atoms with Crippen LogP contribution in [0.2, 0.25) is 0 Å².